The molecule has 42 valence electrons. The van der Waals surface area contributed by atoms with Crippen molar-refractivity contribution in [3.8, 4) is 0 Å². The molecule has 0 aliphatic rings. The van der Waals surface area contributed by atoms with Crippen molar-refractivity contribution < 1.29 is 5.11 Å². The van der Waals surface area contributed by atoms with Crippen molar-refractivity contribution in [2.24, 2.45) is 0 Å². The predicted octanol–water partition coefficient (Wildman–Crippen LogP) is 1.37. The number of hydrogen-bond acceptors (Lipinski definition) is 1. The van der Waals surface area contributed by atoms with Crippen LogP contribution in [0.15, 0.2) is 0 Å². The van der Waals surface area contributed by atoms with E-state index in [9.17, 15) is 0 Å². The highest BCUT2D eigenvalue weighted by Crippen LogP contribution is 2.15. The van der Waals surface area contributed by atoms with Crippen LogP contribution in [-0.2, 0) is 0 Å². The lowest BCUT2D eigenvalue weighted by Gasteiger charge is -2.09. The van der Waals surface area contributed by atoms with Gasteiger partial charge in [-0.15, -0.1) is 0 Å². The molecule has 0 radical (unpaired) electrons. The van der Waals surface area contributed by atoms with Crippen LogP contribution in [0.5, 0.6) is 0 Å². The third kappa shape index (κ3) is 2.52. The molecule has 0 bridgehead atoms. The van der Waals surface area contributed by atoms with Gasteiger partial charge in [0.1, 0.15) is 5.92 Å². The molecule has 0 heterocycles. The Hall–Kier alpha value is -0.170. The van der Waals surface area contributed by atoms with Gasteiger partial charge in [0.2, 0.25) is 5.60 Å². The van der Waals surface area contributed by atoms with E-state index in [-0.39, 0.29) is 0 Å². The Balaban J connectivity index is 3.54. The Kier molecular flexibility index (Phi) is 1.70. The Morgan fingerprint density at radius 1 is 1.29 bits per heavy atom. The van der Waals surface area contributed by atoms with Crippen LogP contribution in [0, 0.1) is 5.92 Å². The fourth-order valence-corrected chi connectivity index (χ4v) is 0. The third-order valence-corrected chi connectivity index (χ3v) is 1.22. The van der Waals surface area contributed by atoms with E-state index < -0.39 is 5.60 Å². The van der Waals surface area contributed by atoms with Crippen LogP contribution in [0.4, 0.5) is 0 Å². The minimum Gasteiger partial charge on any atom is -0.351 e. The summed E-state index contributed by atoms with van der Waals surface area (Å²) in [5.74, 6) is 1.05. The lowest BCUT2D eigenvalue weighted by molar-refractivity contribution is 0.0966. The molecule has 0 aromatic carbocycles. The summed E-state index contributed by atoms with van der Waals surface area (Å²) in [6.07, 6.45) is 0. The van der Waals surface area contributed by atoms with Crippen molar-refractivity contribution in [2.45, 2.75) is 33.3 Å². The minimum absolute atomic E-state index is 0.583. The van der Waals surface area contributed by atoms with Gasteiger partial charge in [-0.3, -0.25) is 0 Å². The zero-order valence-corrected chi connectivity index (χ0v) is 5.45. The van der Waals surface area contributed by atoms with E-state index in [0.717, 1.165) is 5.92 Å². The summed E-state index contributed by atoms with van der Waals surface area (Å²) in [7, 11) is 0. The molecule has 0 spiro atoms. The summed E-state index contributed by atoms with van der Waals surface area (Å²) in [5.41, 5.74) is -0.583. The summed E-state index contributed by atoms with van der Waals surface area (Å²) in [4.78, 5) is 0. The molecule has 0 aliphatic carbocycles. The van der Waals surface area contributed by atoms with Crippen LogP contribution in [0.25, 0.3) is 0 Å². The van der Waals surface area contributed by atoms with Crippen molar-refractivity contribution in [1.29, 1.82) is 0 Å². The van der Waals surface area contributed by atoms with Gasteiger partial charge in [0.05, 0.1) is 13.8 Å². The molecule has 0 aromatic heterocycles. The van der Waals surface area contributed by atoms with Crippen LogP contribution in [-0.4, -0.2) is 10.7 Å². The first-order valence-electron chi connectivity index (χ1n) is 2.47. The predicted molar refractivity (Wildman–Crippen MR) is 30.9 cm³/mol. The van der Waals surface area contributed by atoms with Crippen molar-refractivity contribution in [2.75, 3.05) is 0 Å². The molecule has 0 atom stereocenters. The Bertz CT molecular complexity index is 49.7. The average Bonchev–Trinajstić information content (AvgIpc) is 1.31. The maximum atomic E-state index is 9.06. The Morgan fingerprint density at radius 3 is 1.43 bits per heavy atom. The second-order valence-corrected chi connectivity index (χ2v) is 2.56. The lowest BCUT2D eigenvalue weighted by atomic mass is 9.95. The summed E-state index contributed by atoms with van der Waals surface area (Å²) in [5, 5.41) is 9.06. The first-order valence-corrected chi connectivity index (χ1v) is 2.47. The van der Waals surface area contributed by atoms with Gasteiger partial charge in [0, 0.05) is 13.8 Å². The highest BCUT2D eigenvalue weighted by Gasteiger charge is 2.27. The molecule has 0 unspecified atom stereocenters. The summed E-state index contributed by atoms with van der Waals surface area (Å²) < 4.78 is 0. The SMILES string of the molecule is C[C+](C)C(C)(C)O. The van der Waals surface area contributed by atoms with Crippen LogP contribution < -0.4 is 0 Å². The van der Waals surface area contributed by atoms with E-state index in [0.29, 0.717) is 0 Å². The number of rotatable bonds is 1. The van der Waals surface area contributed by atoms with Gasteiger partial charge in [0.25, 0.3) is 0 Å². The van der Waals surface area contributed by atoms with Gasteiger partial charge in [-0.2, -0.15) is 0 Å². The van der Waals surface area contributed by atoms with Crippen molar-refractivity contribution in [3.05, 3.63) is 5.92 Å². The molecule has 1 N–H and O–H groups in total. The normalized spacial score (nSPS) is 11.6. The van der Waals surface area contributed by atoms with Crippen LogP contribution >= 0.6 is 0 Å². The second kappa shape index (κ2) is 1.74. The van der Waals surface area contributed by atoms with Gasteiger partial charge in [-0.25, -0.2) is 0 Å². The largest absolute Gasteiger partial charge is 0.351 e. The van der Waals surface area contributed by atoms with Gasteiger partial charge in [-0.1, -0.05) is 0 Å². The van der Waals surface area contributed by atoms with Crippen molar-refractivity contribution in [3.63, 3.8) is 0 Å². The molecule has 1 heteroatoms. The highest BCUT2D eigenvalue weighted by molar-refractivity contribution is 4.94. The molecule has 0 fully saturated rings. The van der Waals surface area contributed by atoms with Gasteiger partial charge >= 0.3 is 0 Å². The van der Waals surface area contributed by atoms with Crippen LogP contribution in [0.3, 0.4) is 0 Å². The number of aliphatic hydroxyl groups is 1. The van der Waals surface area contributed by atoms with E-state index in [1.54, 1.807) is 13.8 Å². The van der Waals surface area contributed by atoms with Gasteiger partial charge in [-0.05, 0) is 0 Å². The minimum atomic E-state index is -0.583. The van der Waals surface area contributed by atoms with E-state index in [1.165, 1.54) is 0 Å². The molecule has 7 heavy (non-hydrogen) atoms. The molecule has 0 amide bonds. The van der Waals surface area contributed by atoms with Crippen molar-refractivity contribution >= 4 is 0 Å². The first kappa shape index (κ1) is 6.83. The molecule has 0 aromatic rings. The fraction of sp³-hybridized carbons (Fsp3) is 0.833. The average molecular weight is 101 g/mol. The van der Waals surface area contributed by atoms with E-state index in [2.05, 4.69) is 0 Å². The monoisotopic (exact) mass is 101 g/mol. The Morgan fingerprint density at radius 2 is 1.43 bits per heavy atom. The zero-order valence-electron chi connectivity index (χ0n) is 5.45. The lowest BCUT2D eigenvalue weighted by Crippen LogP contribution is -2.23. The second-order valence-electron chi connectivity index (χ2n) is 2.56. The van der Waals surface area contributed by atoms with Crippen LogP contribution in [0.1, 0.15) is 27.7 Å². The van der Waals surface area contributed by atoms with Gasteiger partial charge in [0.15, 0.2) is 0 Å². The summed E-state index contributed by atoms with van der Waals surface area (Å²) in [6, 6.07) is 0. The Labute approximate surface area is 45.4 Å². The molecule has 0 saturated carbocycles. The topological polar surface area (TPSA) is 20.2 Å². The maximum Gasteiger partial charge on any atom is 0.200 e. The summed E-state index contributed by atoms with van der Waals surface area (Å²) in [6.45, 7) is 7.39. The van der Waals surface area contributed by atoms with E-state index in [4.69, 9.17) is 5.11 Å². The quantitative estimate of drug-likeness (QED) is 0.494. The molecular weight excluding hydrogens is 88.1 g/mol. The standard InChI is InChI=1S/C6H13O/c1-5(2)6(3,4)7/h7H,1-4H3/q+1. The molecule has 0 aliphatic heterocycles. The summed E-state index contributed by atoms with van der Waals surface area (Å²) >= 11 is 0. The fourth-order valence-electron chi connectivity index (χ4n) is 0. The maximum absolute atomic E-state index is 9.06. The molecular formula is C6H13O+. The first-order chi connectivity index (χ1) is 2.94. The van der Waals surface area contributed by atoms with Crippen molar-refractivity contribution in [1.82, 2.24) is 0 Å². The molecule has 0 saturated heterocycles. The molecule has 1 nitrogen and oxygen atoms in total. The van der Waals surface area contributed by atoms with Gasteiger partial charge < -0.3 is 5.11 Å². The highest BCUT2D eigenvalue weighted by atomic mass is 16.3. The smallest absolute Gasteiger partial charge is 0.200 e. The zero-order chi connectivity index (χ0) is 6.08. The number of hydrogen-bond donors (Lipinski definition) is 1. The van der Waals surface area contributed by atoms with E-state index in [1.807, 2.05) is 13.8 Å². The third-order valence-electron chi connectivity index (χ3n) is 1.22. The van der Waals surface area contributed by atoms with Crippen LogP contribution in [0.2, 0.25) is 0 Å². The van der Waals surface area contributed by atoms with E-state index >= 15 is 0 Å². The molecule has 0 rings (SSSR count).